The van der Waals surface area contributed by atoms with Crippen LogP contribution >= 0.6 is 0 Å². The highest BCUT2D eigenvalue weighted by Crippen LogP contribution is 2.19. The van der Waals surface area contributed by atoms with E-state index < -0.39 is 12.1 Å². The minimum absolute atomic E-state index is 0.0243. The molecule has 0 fully saturated rings. The highest BCUT2D eigenvalue weighted by Gasteiger charge is 2.20. The fourth-order valence-corrected chi connectivity index (χ4v) is 12.0. The second kappa shape index (κ2) is 71.8. The van der Waals surface area contributed by atoms with Crippen molar-refractivity contribution in [3.63, 3.8) is 0 Å². The summed E-state index contributed by atoms with van der Waals surface area (Å²) in [5.41, 5.74) is 0. The van der Waals surface area contributed by atoms with Crippen molar-refractivity contribution in [3.05, 3.63) is 24.3 Å². The number of aliphatic hydroxyl groups excluding tert-OH is 2. The number of hydrogen-bond acceptors (Lipinski definition) is 5. The van der Waals surface area contributed by atoms with Crippen molar-refractivity contribution in [2.24, 2.45) is 0 Å². The molecular weight excluding hydrogens is 1010 g/mol. The predicted molar refractivity (Wildman–Crippen MR) is 361 cm³/mol. The molecule has 0 aliphatic carbocycles. The summed E-state index contributed by atoms with van der Waals surface area (Å²) in [6.45, 7) is 4.97. The van der Waals surface area contributed by atoms with Crippen LogP contribution in [0.1, 0.15) is 425 Å². The van der Waals surface area contributed by atoms with Gasteiger partial charge in [-0.1, -0.05) is 378 Å². The Bertz CT molecular complexity index is 1280. The lowest BCUT2D eigenvalue weighted by atomic mass is 10.0. The number of hydrogen-bond donors (Lipinski definition) is 3. The summed E-state index contributed by atoms with van der Waals surface area (Å²) in [5, 5.41) is 23.2. The van der Waals surface area contributed by atoms with E-state index in [4.69, 9.17) is 4.74 Å². The molecule has 0 aliphatic rings. The number of aliphatic hydroxyl groups is 2. The van der Waals surface area contributed by atoms with Gasteiger partial charge < -0.3 is 20.3 Å². The molecule has 486 valence electrons. The van der Waals surface area contributed by atoms with Crippen LogP contribution in [-0.4, -0.2) is 47.4 Å². The zero-order valence-electron chi connectivity index (χ0n) is 55.8. The van der Waals surface area contributed by atoms with Crippen LogP contribution in [0.3, 0.4) is 0 Å². The van der Waals surface area contributed by atoms with Gasteiger partial charge in [-0.3, -0.25) is 9.59 Å². The third kappa shape index (κ3) is 67.5. The van der Waals surface area contributed by atoms with Crippen LogP contribution in [0.4, 0.5) is 0 Å². The molecule has 2 unspecified atom stereocenters. The first-order valence-corrected chi connectivity index (χ1v) is 37.6. The number of carbonyl (C=O) groups excluding carboxylic acids is 2. The maximum atomic E-state index is 12.4. The van der Waals surface area contributed by atoms with Gasteiger partial charge in [-0.2, -0.15) is 0 Å². The summed E-state index contributed by atoms with van der Waals surface area (Å²) in [4.78, 5) is 24.6. The molecule has 1 amide bonds. The average molecular weight is 1160 g/mol. The molecule has 0 spiro atoms. The molecular formula is C76H147NO5. The van der Waals surface area contributed by atoms with Gasteiger partial charge in [-0.15, -0.1) is 0 Å². The Hall–Kier alpha value is -1.66. The van der Waals surface area contributed by atoms with Crippen LogP contribution in [0.25, 0.3) is 0 Å². The fraction of sp³-hybridized carbons (Fsp3) is 0.921. The lowest BCUT2D eigenvalue weighted by Crippen LogP contribution is -2.45. The van der Waals surface area contributed by atoms with Crippen LogP contribution in [0, 0.1) is 0 Å². The minimum Gasteiger partial charge on any atom is -0.466 e. The standard InChI is InChI=1S/C76H147NO5/c1-3-5-7-9-11-13-14-15-16-17-37-41-44-47-50-54-58-62-66-70-76(81)82-71-67-63-59-55-51-48-45-42-39-36-34-32-30-28-26-24-22-20-18-19-21-23-25-27-29-31-33-35-38-40-43-46-49-53-57-61-65-69-75(80)77-73(72-78)74(79)68-64-60-56-52-12-10-8-6-4-2/h18,20,24,26,73-74,78-79H,3-17,19,21-23,25,27-72H2,1-2H3,(H,77,80)/b20-18-,26-24-. The second-order valence-electron chi connectivity index (χ2n) is 26.0. The van der Waals surface area contributed by atoms with Crippen molar-refractivity contribution < 1.29 is 24.5 Å². The number of rotatable bonds is 71. The molecule has 0 radical (unpaired) electrons. The fourth-order valence-electron chi connectivity index (χ4n) is 12.0. The molecule has 2 atom stereocenters. The zero-order valence-corrected chi connectivity index (χ0v) is 55.8. The summed E-state index contributed by atoms with van der Waals surface area (Å²) < 4.78 is 5.52. The van der Waals surface area contributed by atoms with E-state index in [9.17, 15) is 19.8 Å². The first-order chi connectivity index (χ1) is 40.5. The van der Waals surface area contributed by atoms with Gasteiger partial charge in [-0.05, 0) is 57.8 Å². The van der Waals surface area contributed by atoms with Gasteiger partial charge in [0.2, 0.25) is 5.91 Å². The average Bonchev–Trinajstić information content (AvgIpc) is 3.48. The van der Waals surface area contributed by atoms with E-state index in [1.165, 1.54) is 347 Å². The topological polar surface area (TPSA) is 95.9 Å². The maximum Gasteiger partial charge on any atom is 0.305 e. The smallest absolute Gasteiger partial charge is 0.305 e. The van der Waals surface area contributed by atoms with E-state index in [1.807, 2.05) is 0 Å². The summed E-state index contributed by atoms with van der Waals surface area (Å²) in [6.07, 6.45) is 91.3. The van der Waals surface area contributed by atoms with E-state index in [0.29, 0.717) is 25.9 Å². The monoisotopic (exact) mass is 1150 g/mol. The number of allylic oxidation sites excluding steroid dienone is 4. The maximum absolute atomic E-state index is 12.4. The van der Waals surface area contributed by atoms with Gasteiger partial charge in [0, 0.05) is 12.8 Å². The third-order valence-electron chi connectivity index (χ3n) is 17.8. The summed E-state index contributed by atoms with van der Waals surface area (Å²) >= 11 is 0. The van der Waals surface area contributed by atoms with E-state index >= 15 is 0 Å². The summed E-state index contributed by atoms with van der Waals surface area (Å²) in [6, 6.07) is -0.537. The Balaban J connectivity index is 3.31. The SMILES string of the molecule is CCCCCCCCCCCCCCCCCCCCCC(=O)OCCCCCCCCCCCCCCC/C=C\C/C=C\CCCCCCCCCCCCCCCCCCCC(=O)NC(CO)C(O)CCCCCCCCCCC. The molecule has 0 aromatic heterocycles. The van der Waals surface area contributed by atoms with Crippen molar-refractivity contribution in [1.29, 1.82) is 0 Å². The van der Waals surface area contributed by atoms with Gasteiger partial charge in [0.25, 0.3) is 0 Å². The van der Waals surface area contributed by atoms with Crippen LogP contribution in [-0.2, 0) is 14.3 Å². The molecule has 0 bridgehead atoms. The van der Waals surface area contributed by atoms with Gasteiger partial charge in [0.05, 0.1) is 25.4 Å². The van der Waals surface area contributed by atoms with Crippen molar-refractivity contribution >= 4 is 11.9 Å². The number of carbonyl (C=O) groups is 2. The van der Waals surface area contributed by atoms with Crippen molar-refractivity contribution in [2.75, 3.05) is 13.2 Å². The Morgan fingerprint density at radius 2 is 0.610 bits per heavy atom. The van der Waals surface area contributed by atoms with Crippen molar-refractivity contribution in [3.8, 4) is 0 Å². The molecule has 0 saturated heterocycles. The number of amides is 1. The number of ether oxygens (including phenoxy) is 1. The summed E-state index contributed by atoms with van der Waals surface area (Å²) in [7, 11) is 0. The van der Waals surface area contributed by atoms with Gasteiger partial charge in [-0.25, -0.2) is 0 Å². The van der Waals surface area contributed by atoms with E-state index in [1.54, 1.807) is 0 Å². The lowest BCUT2D eigenvalue weighted by Gasteiger charge is -2.22. The van der Waals surface area contributed by atoms with Crippen LogP contribution in [0.5, 0.6) is 0 Å². The van der Waals surface area contributed by atoms with Crippen LogP contribution in [0.2, 0.25) is 0 Å². The van der Waals surface area contributed by atoms with E-state index in [-0.39, 0.29) is 18.5 Å². The van der Waals surface area contributed by atoms with Gasteiger partial charge in [0.1, 0.15) is 0 Å². The quantitative estimate of drug-likeness (QED) is 0.0320. The number of esters is 1. The van der Waals surface area contributed by atoms with Crippen LogP contribution < -0.4 is 5.32 Å². The molecule has 6 heteroatoms. The minimum atomic E-state index is -0.660. The van der Waals surface area contributed by atoms with Gasteiger partial charge in [0.15, 0.2) is 0 Å². The Kier molecular flexibility index (Phi) is 70.4. The molecule has 0 saturated carbocycles. The number of nitrogens with one attached hydrogen (secondary N) is 1. The van der Waals surface area contributed by atoms with Crippen molar-refractivity contribution in [1.82, 2.24) is 5.32 Å². The Labute approximate surface area is 513 Å². The second-order valence-corrected chi connectivity index (χ2v) is 26.0. The normalized spacial score (nSPS) is 12.6. The highest BCUT2D eigenvalue weighted by molar-refractivity contribution is 5.76. The Morgan fingerprint density at radius 1 is 0.341 bits per heavy atom. The van der Waals surface area contributed by atoms with Gasteiger partial charge >= 0.3 is 5.97 Å². The first kappa shape index (κ1) is 80.3. The third-order valence-corrected chi connectivity index (χ3v) is 17.8. The predicted octanol–water partition coefficient (Wildman–Crippen LogP) is 24.5. The highest BCUT2D eigenvalue weighted by atomic mass is 16.5. The molecule has 82 heavy (non-hydrogen) atoms. The number of unbranched alkanes of at least 4 members (excludes halogenated alkanes) is 56. The molecule has 0 rings (SSSR count). The zero-order chi connectivity index (χ0) is 59.2. The molecule has 0 aromatic carbocycles. The van der Waals surface area contributed by atoms with E-state index in [0.717, 1.165) is 44.9 Å². The molecule has 0 aliphatic heterocycles. The molecule has 3 N–H and O–H groups in total. The Morgan fingerprint density at radius 3 is 0.927 bits per heavy atom. The molecule has 0 heterocycles. The largest absolute Gasteiger partial charge is 0.466 e. The molecule has 0 aromatic rings. The van der Waals surface area contributed by atoms with Crippen molar-refractivity contribution in [2.45, 2.75) is 437 Å². The summed E-state index contributed by atoms with van der Waals surface area (Å²) in [5.74, 6) is -0.00843. The lowest BCUT2D eigenvalue weighted by molar-refractivity contribution is -0.143. The molecule has 6 nitrogen and oxygen atoms in total. The first-order valence-electron chi connectivity index (χ1n) is 37.6. The van der Waals surface area contributed by atoms with Crippen LogP contribution in [0.15, 0.2) is 24.3 Å². The van der Waals surface area contributed by atoms with E-state index in [2.05, 4.69) is 43.5 Å².